The number of halogens is 5. The number of carbonyl (C=O) groups is 1. The molecule has 0 saturated carbocycles. The maximum Gasteiger partial charge on any atom is 0.422 e. The lowest BCUT2D eigenvalue weighted by Gasteiger charge is -2.14. The topological polar surface area (TPSA) is 66.0 Å². The van der Waals surface area contributed by atoms with Gasteiger partial charge in [0.05, 0.1) is 0 Å². The molecular formula is C7H5F5N2O2. The first-order valence-electron chi connectivity index (χ1n) is 3.87. The van der Waals surface area contributed by atoms with E-state index in [2.05, 4.69) is 5.10 Å². The molecule has 0 amide bonds. The second-order valence-corrected chi connectivity index (χ2v) is 2.86. The normalized spacial score (nSPS) is 15.8. The number of hydrogen-bond acceptors (Lipinski definition) is 2. The van der Waals surface area contributed by atoms with Gasteiger partial charge in [0.25, 0.3) is 0 Å². The summed E-state index contributed by atoms with van der Waals surface area (Å²) < 4.78 is 60.8. The minimum absolute atomic E-state index is 0.505. The Morgan fingerprint density at radius 3 is 2.38 bits per heavy atom. The predicted molar refractivity (Wildman–Crippen MR) is 40.3 cm³/mol. The first kappa shape index (κ1) is 12.4. The molecule has 9 heteroatoms. The Kier molecular flexibility index (Phi) is 3.15. The molecule has 0 aliphatic heterocycles. The fraction of sp³-hybridized carbons (Fsp3) is 0.429. The van der Waals surface area contributed by atoms with Gasteiger partial charge in [0, 0.05) is 0 Å². The van der Waals surface area contributed by atoms with Crippen molar-refractivity contribution < 1.29 is 31.9 Å². The van der Waals surface area contributed by atoms with Crippen LogP contribution in [0.4, 0.5) is 22.0 Å². The summed E-state index contributed by atoms with van der Waals surface area (Å²) in [5.41, 5.74) is -1.56. The van der Waals surface area contributed by atoms with Crippen molar-refractivity contribution >= 4 is 5.97 Å². The largest absolute Gasteiger partial charge is 0.477 e. The Bertz CT molecular complexity index is 388. The number of nitrogens with one attached hydrogen (secondary N) is 1. The van der Waals surface area contributed by atoms with Crippen LogP contribution < -0.4 is 0 Å². The molecule has 16 heavy (non-hydrogen) atoms. The molecule has 0 aromatic carbocycles. The number of nitrogens with zero attached hydrogens (tertiary/aromatic N) is 1. The van der Waals surface area contributed by atoms with Crippen molar-refractivity contribution in [2.24, 2.45) is 0 Å². The number of carboxylic acids is 1. The summed E-state index contributed by atoms with van der Waals surface area (Å²) in [5, 5.41) is 13.1. The van der Waals surface area contributed by atoms with Gasteiger partial charge in [0.2, 0.25) is 6.17 Å². The number of rotatable bonds is 3. The van der Waals surface area contributed by atoms with Crippen molar-refractivity contribution in [1.29, 1.82) is 0 Å². The third-order valence-electron chi connectivity index (χ3n) is 1.68. The van der Waals surface area contributed by atoms with E-state index in [-0.39, 0.29) is 0 Å². The Hall–Kier alpha value is -1.67. The van der Waals surface area contributed by atoms with Gasteiger partial charge >= 0.3 is 12.1 Å². The Labute approximate surface area is 85.1 Å². The van der Waals surface area contributed by atoms with Gasteiger partial charge in [0.1, 0.15) is 11.4 Å². The van der Waals surface area contributed by atoms with Crippen LogP contribution in [-0.4, -0.2) is 33.6 Å². The number of aromatic nitrogens is 2. The van der Waals surface area contributed by atoms with Crippen LogP contribution in [0.3, 0.4) is 0 Å². The molecule has 90 valence electrons. The zero-order valence-corrected chi connectivity index (χ0v) is 7.42. The molecule has 0 spiro atoms. The van der Waals surface area contributed by atoms with Crippen molar-refractivity contribution in [2.75, 3.05) is 0 Å². The lowest BCUT2D eigenvalue weighted by molar-refractivity contribution is -0.197. The first-order chi connectivity index (χ1) is 7.23. The molecule has 1 rings (SSSR count). The number of aromatic amines is 1. The van der Waals surface area contributed by atoms with Crippen LogP contribution in [0.2, 0.25) is 0 Å². The molecule has 0 radical (unpaired) electrons. The highest BCUT2D eigenvalue weighted by Crippen LogP contribution is 2.34. The van der Waals surface area contributed by atoms with E-state index < -0.39 is 35.9 Å². The van der Waals surface area contributed by atoms with E-state index in [1.165, 1.54) is 0 Å². The zero-order chi connectivity index (χ0) is 12.5. The second-order valence-electron chi connectivity index (χ2n) is 2.86. The molecule has 1 aromatic heterocycles. The molecule has 0 bridgehead atoms. The molecule has 2 unspecified atom stereocenters. The van der Waals surface area contributed by atoms with Gasteiger partial charge in [0.15, 0.2) is 6.17 Å². The standard InChI is InChI=1S/C7H5F5N2O2/c8-4(5(9)7(10,11)12)2-1-3(6(15)16)14-13-2/h1,4-5H,(H,13,14)(H,15,16). The van der Waals surface area contributed by atoms with Crippen LogP contribution >= 0.6 is 0 Å². The van der Waals surface area contributed by atoms with E-state index in [9.17, 15) is 26.7 Å². The lowest BCUT2D eigenvalue weighted by Crippen LogP contribution is -2.29. The maximum atomic E-state index is 12.9. The lowest BCUT2D eigenvalue weighted by atomic mass is 10.1. The highest BCUT2D eigenvalue weighted by atomic mass is 19.4. The third-order valence-corrected chi connectivity index (χ3v) is 1.68. The Balaban J connectivity index is 2.88. The molecule has 2 atom stereocenters. The fourth-order valence-electron chi connectivity index (χ4n) is 0.904. The zero-order valence-electron chi connectivity index (χ0n) is 7.42. The number of aromatic carboxylic acids is 1. The van der Waals surface area contributed by atoms with Crippen LogP contribution in [-0.2, 0) is 0 Å². The van der Waals surface area contributed by atoms with Gasteiger partial charge in [-0.3, -0.25) is 5.10 Å². The molecule has 4 nitrogen and oxygen atoms in total. The predicted octanol–water partition coefficient (Wildman–Crippen LogP) is 2.02. The molecule has 0 fully saturated rings. The summed E-state index contributed by atoms with van der Waals surface area (Å²) in [4.78, 5) is 10.3. The third kappa shape index (κ3) is 2.47. The molecule has 1 heterocycles. The molecule has 0 aliphatic carbocycles. The average molecular weight is 244 g/mol. The van der Waals surface area contributed by atoms with Crippen molar-refractivity contribution in [3.63, 3.8) is 0 Å². The van der Waals surface area contributed by atoms with Gasteiger partial charge in [-0.25, -0.2) is 13.6 Å². The van der Waals surface area contributed by atoms with E-state index in [1.807, 2.05) is 0 Å². The maximum absolute atomic E-state index is 12.9. The van der Waals surface area contributed by atoms with Crippen LogP contribution in [0.15, 0.2) is 6.07 Å². The highest BCUT2D eigenvalue weighted by molar-refractivity contribution is 5.85. The molecule has 0 saturated heterocycles. The van der Waals surface area contributed by atoms with Gasteiger partial charge in [-0.15, -0.1) is 0 Å². The summed E-state index contributed by atoms with van der Waals surface area (Å²) in [6.45, 7) is 0. The van der Waals surface area contributed by atoms with Crippen molar-refractivity contribution in [1.82, 2.24) is 10.2 Å². The summed E-state index contributed by atoms with van der Waals surface area (Å²) in [5.74, 6) is -1.53. The van der Waals surface area contributed by atoms with Crippen molar-refractivity contribution in [2.45, 2.75) is 18.5 Å². The van der Waals surface area contributed by atoms with Gasteiger partial charge < -0.3 is 5.11 Å². The number of alkyl halides is 5. The minimum Gasteiger partial charge on any atom is -0.477 e. The van der Waals surface area contributed by atoms with Crippen molar-refractivity contribution in [3.8, 4) is 0 Å². The summed E-state index contributed by atoms with van der Waals surface area (Å²) >= 11 is 0. The molecule has 2 N–H and O–H groups in total. The molecule has 1 aromatic rings. The quantitative estimate of drug-likeness (QED) is 0.799. The number of H-pyrrole nitrogens is 1. The Morgan fingerprint density at radius 1 is 1.44 bits per heavy atom. The van der Waals surface area contributed by atoms with E-state index in [0.29, 0.717) is 6.07 Å². The SMILES string of the molecule is O=C(O)c1cc(C(F)C(F)C(F)(F)F)n[nH]1. The van der Waals surface area contributed by atoms with E-state index in [1.54, 1.807) is 5.10 Å². The van der Waals surface area contributed by atoms with Crippen LogP contribution in [0, 0.1) is 0 Å². The molecular weight excluding hydrogens is 239 g/mol. The number of hydrogen-bond donors (Lipinski definition) is 2. The van der Waals surface area contributed by atoms with Crippen molar-refractivity contribution in [3.05, 3.63) is 17.5 Å². The fourth-order valence-corrected chi connectivity index (χ4v) is 0.904. The second kappa shape index (κ2) is 4.06. The van der Waals surface area contributed by atoms with Crippen LogP contribution in [0.1, 0.15) is 22.4 Å². The Morgan fingerprint density at radius 2 is 2.00 bits per heavy atom. The van der Waals surface area contributed by atoms with E-state index in [4.69, 9.17) is 5.11 Å². The van der Waals surface area contributed by atoms with Crippen LogP contribution in [0.5, 0.6) is 0 Å². The van der Waals surface area contributed by atoms with E-state index in [0.717, 1.165) is 0 Å². The summed E-state index contributed by atoms with van der Waals surface area (Å²) in [6, 6.07) is 0.505. The summed E-state index contributed by atoms with van der Waals surface area (Å²) in [7, 11) is 0. The molecule has 0 aliphatic rings. The van der Waals surface area contributed by atoms with Gasteiger partial charge in [-0.2, -0.15) is 18.3 Å². The van der Waals surface area contributed by atoms with E-state index >= 15 is 0 Å². The minimum atomic E-state index is -5.36. The first-order valence-corrected chi connectivity index (χ1v) is 3.87. The monoisotopic (exact) mass is 244 g/mol. The smallest absolute Gasteiger partial charge is 0.422 e. The van der Waals surface area contributed by atoms with Gasteiger partial charge in [-0.05, 0) is 6.07 Å². The number of carboxylic acid groups (broad SMARTS) is 1. The average Bonchev–Trinajstić information content (AvgIpc) is 2.62. The van der Waals surface area contributed by atoms with Gasteiger partial charge in [-0.1, -0.05) is 0 Å². The van der Waals surface area contributed by atoms with Crippen LogP contribution in [0.25, 0.3) is 0 Å². The summed E-state index contributed by atoms with van der Waals surface area (Å²) in [6.07, 6.45) is -12.1. The highest BCUT2D eigenvalue weighted by Gasteiger charge is 2.47.